The van der Waals surface area contributed by atoms with E-state index in [-0.39, 0.29) is 5.91 Å². The molecule has 3 nitrogen and oxygen atoms in total. The first-order chi connectivity index (χ1) is 10.2. The number of rotatable bonds is 2. The Kier molecular flexibility index (Phi) is 3.09. The molecule has 0 unspecified atom stereocenters. The Morgan fingerprint density at radius 1 is 1.10 bits per heavy atom. The fraction of sp³-hybridized carbons (Fsp3) is 0.556. The third kappa shape index (κ3) is 2.39. The summed E-state index contributed by atoms with van der Waals surface area (Å²) in [5, 5.41) is 4.55. The Balaban J connectivity index is 1.49. The van der Waals surface area contributed by atoms with Crippen molar-refractivity contribution in [2.75, 3.05) is 0 Å². The number of nitrogens with one attached hydrogen (secondary N) is 1. The van der Waals surface area contributed by atoms with Gasteiger partial charge in [-0.25, -0.2) is 5.43 Å². The number of hydrogen-bond donors (Lipinski definition) is 1. The zero-order chi connectivity index (χ0) is 14.4. The van der Waals surface area contributed by atoms with E-state index < -0.39 is 0 Å². The predicted octanol–water partition coefficient (Wildman–Crippen LogP) is 3.54. The zero-order valence-corrected chi connectivity index (χ0v) is 12.5. The second-order valence-electron chi connectivity index (χ2n) is 7.15. The lowest BCUT2D eigenvalue weighted by atomic mass is 9.55. The first kappa shape index (κ1) is 13.1. The number of benzene rings is 1. The molecule has 0 aliphatic heterocycles. The number of nitrogens with zero attached hydrogens (tertiary/aromatic N) is 1. The van der Waals surface area contributed by atoms with E-state index in [0.29, 0.717) is 17.4 Å². The molecule has 0 atom stereocenters. The van der Waals surface area contributed by atoms with Crippen LogP contribution in [0.4, 0.5) is 0 Å². The van der Waals surface area contributed by atoms with Crippen molar-refractivity contribution in [3.8, 4) is 0 Å². The summed E-state index contributed by atoms with van der Waals surface area (Å²) < 4.78 is 0. The fourth-order valence-corrected chi connectivity index (χ4v) is 4.82. The van der Waals surface area contributed by atoms with Crippen LogP contribution in [0.2, 0.25) is 0 Å². The van der Waals surface area contributed by atoms with E-state index in [1.54, 1.807) is 0 Å². The summed E-state index contributed by atoms with van der Waals surface area (Å²) in [7, 11) is 0. The van der Waals surface area contributed by atoms with Gasteiger partial charge in [-0.3, -0.25) is 4.79 Å². The topological polar surface area (TPSA) is 41.5 Å². The van der Waals surface area contributed by atoms with Crippen molar-refractivity contribution in [3.05, 3.63) is 35.4 Å². The summed E-state index contributed by atoms with van der Waals surface area (Å²) in [6, 6.07) is 7.67. The molecular formula is C18H22N2O. The molecule has 4 aliphatic carbocycles. The molecule has 1 amide bonds. The van der Waals surface area contributed by atoms with Gasteiger partial charge in [0.2, 0.25) is 0 Å². The van der Waals surface area contributed by atoms with Crippen molar-refractivity contribution in [2.45, 2.75) is 39.0 Å². The first-order valence-corrected chi connectivity index (χ1v) is 8.13. The van der Waals surface area contributed by atoms with Gasteiger partial charge in [0.1, 0.15) is 0 Å². The molecule has 4 bridgehead atoms. The van der Waals surface area contributed by atoms with Crippen molar-refractivity contribution in [1.82, 2.24) is 5.43 Å². The summed E-state index contributed by atoms with van der Waals surface area (Å²) in [5.74, 6) is 3.05. The molecule has 3 heteroatoms. The SMILES string of the molecule is Cc1cccc(C(=O)NN=C2C3CC4CC(C3)CC2C4)c1. The van der Waals surface area contributed by atoms with Crippen molar-refractivity contribution < 1.29 is 4.79 Å². The van der Waals surface area contributed by atoms with Crippen LogP contribution in [0, 0.1) is 30.6 Å². The minimum atomic E-state index is -0.0833. The van der Waals surface area contributed by atoms with E-state index in [2.05, 4.69) is 10.5 Å². The number of hydrazone groups is 1. The van der Waals surface area contributed by atoms with Crippen molar-refractivity contribution >= 4 is 11.6 Å². The molecule has 0 radical (unpaired) electrons. The van der Waals surface area contributed by atoms with Crippen LogP contribution in [-0.2, 0) is 0 Å². The Hall–Kier alpha value is -1.64. The predicted molar refractivity (Wildman–Crippen MR) is 83.1 cm³/mol. The molecule has 0 saturated heterocycles. The maximum absolute atomic E-state index is 12.2. The number of carbonyl (C=O) groups is 1. The van der Waals surface area contributed by atoms with Gasteiger partial charge in [0.15, 0.2) is 0 Å². The minimum Gasteiger partial charge on any atom is -0.267 e. The van der Waals surface area contributed by atoms with Gasteiger partial charge in [0.25, 0.3) is 5.91 Å². The number of aryl methyl sites for hydroxylation is 1. The van der Waals surface area contributed by atoms with E-state index in [4.69, 9.17) is 0 Å². The van der Waals surface area contributed by atoms with Gasteiger partial charge in [0.05, 0.1) is 0 Å². The van der Waals surface area contributed by atoms with Gasteiger partial charge in [-0.2, -0.15) is 5.10 Å². The van der Waals surface area contributed by atoms with Crippen LogP contribution in [0.15, 0.2) is 29.4 Å². The summed E-state index contributed by atoms with van der Waals surface area (Å²) in [4.78, 5) is 12.2. The van der Waals surface area contributed by atoms with Crippen LogP contribution in [-0.4, -0.2) is 11.6 Å². The van der Waals surface area contributed by atoms with E-state index in [1.165, 1.54) is 37.8 Å². The fourth-order valence-electron chi connectivity index (χ4n) is 4.82. The molecular weight excluding hydrogens is 260 g/mol. The van der Waals surface area contributed by atoms with Crippen LogP contribution < -0.4 is 5.43 Å². The van der Waals surface area contributed by atoms with E-state index >= 15 is 0 Å². The van der Waals surface area contributed by atoms with Crippen molar-refractivity contribution in [3.63, 3.8) is 0 Å². The minimum absolute atomic E-state index is 0.0833. The number of hydrogen-bond acceptors (Lipinski definition) is 2. The molecule has 4 fully saturated rings. The molecule has 1 N–H and O–H groups in total. The standard InChI is InChI=1S/C18H22N2O/c1-11-3-2-4-14(5-11)18(21)20-19-17-15-7-12-6-13(9-15)10-16(17)8-12/h2-5,12-13,15-16H,6-10H2,1H3,(H,20,21). The maximum atomic E-state index is 12.2. The largest absolute Gasteiger partial charge is 0.271 e. The van der Waals surface area contributed by atoms with Crippen molar-refractivity contribution in [1.29, 1.82) is 0 Å². The smallest absolute Gasteiger partial charge is 0.267 e. The molecule has 4 aliphatic rings. The lowest BCUT2D eigenvalue weighted by Gasteiger charge is -2.50. The molecule has 1 aromatic carbocycles. The summed E-state index contributed by atoms with van der Waals surface area (Å²) in [6.45, 7) is 2.00. The molecule has 0 spiro atoms. The molecule has 5 rings (SSSR count). The highest BCUT2D eigenvalue weighted by Crippen LogP contribution is 2.52. The lowest BCUT2D eigenvalue weighted by molar-refractivity contribution is 0.0942. The van der Waals surface area contributed by atoms with Gasteiger partial charge in [-0.1, -0.05) is 17.7 Å². The second-order valence-corrected chi connectivity index (χ2v) is 7.15. The second kappa shape index (κ2) is 4.97. The molecule has 1 aromatic rings. The highest BCUT2D eigenvalue weighted by molar-refractivity contribution is 5.96. The highest BCUT2D eigenvalue weighted by atomic mass is 16.2. The van der Waals surface area contributed by atoms with Gasteiger partial charge in [-0.05, 0) is 74.8 Å². The van der Waals surface area contributed by atoms with Crippen LogP contribution in [0.25, 0.3) is 0 Å². The van der Waals surface area contributed by atoms with Gasteiger partial charge in [0, 0.05) is 11.3 Å². The number of amides is 1. The number of carbonyl (C=O) groups excluding carboxylic acids is 1. The molecule has 4 saturated carbocycles. The van der Waals surface area contributed by atoms with Crippen LogP contribution in [0.1, 0.15) is 48.0 Å². The monoisotopic (exact) mass is 282 g/mol. The summed E-state index contributed by atoms with van der Waals surface area (Å²) in [6.07, 6.45) is 6.63. The third-order valence-electron chi connectivity index (χ3n) is 5.54. The molecule has 0 heterocycles. The summed E-state index contributed by atoms with van der Waals surface area (Å²) >= 11 is 0. The highest BCUT2D eigenvalue weighted by Gasteiger charge is 2.46. The Morgan fingerprint density at radius 2 is 1.76 bits per heavy atom. The first-order valence-electron chi connectivity index (χ1n) is 8.13. The van der Waals surface area contributed by atoms with E-state index in [9.17, 15) is 4.79 Å². The molecule has 21 heavy (non-hydrogen) atoms. The lowest BCUT2D eigenvalue weighted by Crippen LogP contribution is -2.46. The zero-order valence-electron chi connectivity index (χ0n) is 12.5. The van der Waals surface area contributed by atoms with Crippen LogP contribution in [0.5, 0.6) is 0 Å². The summed E-state index contributed by atoms with van der Waals surface area (Å²) in [5.41, 5.74) is 5.88. The Bertz CT molecular complexity index is 575. The van der Waals surface area contributed by atoms with Crippen LogP contribution in [0.3, 0.4) is 0 Å². The van der Waals surface area contributed by atoms with E-state index in [1.807, 2.05) is 31.2 Å². The quantitative estimate of drug-likeness (QED) is 0.828. The average Bonchev–Trinajstić information content (AvgIpc) is 2.45. The Labute approximate surface area is 125 Å². The van der Waals surface area contributed by atoms with Gasteiger partial charge in [-0.15, -0.1) is 0 Å². The molecule has 0 aromatic heterocycles. The normalized spacial score (nSPS) is 33.1. The van der Waals surface area contributed by atoms with Crippen molar-refractivity contribution in [2.24, 2.45) is 28.8 Å². The molecule has 110 valence electrons. The maximum Gasteiger partial charge on any atom is 0.271 e. The average molecular weight is 282 g/mol. The third-order valence-corrected chi connectivity index (χ3v) is 5.54. The van der Waals surface area contributed by atoms with E-state index in [0.717, 1.165) is 17.4 Å². The van der Waals surface area contributed by atoms with Gasteiger partial charge >= 0.3 is 0 Å². The Morgan fingerprint density at radius 3 is 2.38 bits per heavy atom. The van der Waals surface area contributed by atoms with Crippen LogP contribution >= 0.6 is 0 Å². The van der Waals surface area contributed by atoms with Gasteiger partial charge < -0.3 is 0 Å².